The summed E-state index contributed by atoms with van der Waals surface area (Å²) in [7, 11) is 0. The number of carboxylic acids is 1. The van der Waals surface area contributed by atoms with Gasteiger partial charge in [-0.05, 0) is 33.1 Å². The van der Waals surface area contributed by atoms with E-state index in [2.05, 4.69) is 5.32 Å². The first kappa shape index (κ1) is 17.0. The Labute approximate surface area is 121 Å². The predicted octanol–water partition coefficient (Wildman–Crippen LogP) is 2.20. The minimum absolute atomic E-state index is 0.000799. The van der Waals surface area contributed by atoms with Gasteiger partial charge in [0.05, 0.1) is 11.3 Å². The Morgan fingerprint density at radius 1 is 1.30 bits per heavy atom. The molecule has 1 saturated carbocycles. The smallest absolute Gasteiger partial charge is 0.311 e. The molecule has 0 heterocycles. The number of aliphatic carboxylic acids is 1. The molecule has 0 radical (unpaired) electrons. The fourth-order valence-electron chi connectivity index (χ4n) is 2.40. The first-order valence-corrected chi connectivity index (χ1v) is 7.52. The van der Waals surface area contributed by atoms with Gasteiger partial charge in [-0.25, -0.2) is 0 Å². The zero-order chi connectivity index (χ0) is 15.2. The van der Waals surface area contributed by atoms with Gasteiger partial charge in [-0.15, -0.1) is 0 Å². The second-order valence-corrected chi connectivity index (χ2v) is 6.16. The van der Waals surface area contributed by atoms with Crippen LogP contribution in [0, 0.1) is 11.3 Å². The third-order valence-corrected chi connectivity index (χ3v) is 4.26. The van der Waals surface area contributed by atoms with Gasteiger partial charge in [0.25, 0.3) is 0 Å². The Morgan fingerprint density at radius 2 is 1.95 bits per heavy atom. The highest BCUT2D eigenvalue weighted by atomic mass is 16.5. The molecule has 0 spiro atoms. The Bertz CT molecular complexity index is 341. The van der Waals surface area contributed by atoms with Crippen molar-refractivity contribution >= 4 is 11.9 Å². The maximum Gasteiger partial charge on any atom is 0.311 e. The number of rotatable bonds is 7. The molecule has 1 aliphatic rings. The second kappa shape index (κ2) is 7.62. The molecule has 1 rings (SSSR count). The van der Waals surface area contributed by atoms with Crippen LogP contribution in [-0.4, -0.2) is 36.2 Å². The maximum absolute atomic E-state index is 11.8. The first-order chi connectivity index (χ1) is 9.38. The lowest BCUT2D eigenvalue weighted by atomic mass is 9.84. The zero-order valence-electron chi connectivity index (χ0n) is 12.8. The van der Waals surface area contributed by atoms with Crippen molar-refractivity contribution in [2.45, 2.75) is 58.9 Å². The van der Waals surface area contributed by atoms with E-state index in [0.717, 1.165) is 32.1 Å². The van der Waals surface area contributed by atoms with Gasteiger partial charge in [0.2, 0.25) is 0 Å². The van der Waals surface area contributed by atoms with Crippen molar-refractivity contribution < 1.29 is 19.4 Å². The second-order valence-electron chi connectivity index (χ2n) is 6.16. The fourth-order valence-corrected chi connectivity index (χ4v) is 2.40. The highest BCUT2D eigenvalue weighted by Gasteiger charge is 2.30. The molecule has 5 heteroatoms. The van der Waals surface area contributed by atoms with Gasteiger partial charge in [-0.2, -0.15) is 0 Å². The van der Waals surface area contributed by atoms with Crippen molar-refractivity contribution in [1.82, 2.24) is 5.32 Å². The minimum Gasteiger partial charge on any atom is -0.481 e. The van der Waals surface area contributed by atoms with E-state index in [1.54, 1.807) is 0 Å². The fraction of sp³-hybridized carbons (Fsp3) is 0.867. The van der Waals surface area contributed by atoms with Gasteiger partial charge in [0.15, 0.2) is 0 Å². The molecule has 2 unspecified atom stereocenters. The SMILES string of the molecule is CCC(C)(C)C(=O)OCCNC1CCCCC1C(=O)O. The van der Waals surface area contributed by atoms with E-state index < -0.39 is 11.4 Å². The van der Waals surface area contributed by atoms with Gasteiger partial charge in [0, 0.05) is 12.6 Å². The number of carbonyl (C=O) groups excluding carboxylic acids is 1. The Morgan fingerprint density at radius 3 is 2.55 bits per heavy atom. The van der Waals surface area contributed by atoms with E-state index in [1.807, 2.05) is 20.8 Å². The van der Waals surface area contributed by atoms with Gasteiger partial charge >= 0.3 is 11.9 Å². The topological polar surface area (TPSA) is 75.6 Å². The quantitative estimate of drug-likeness (QED) is 0.554. The minimum atomic E-state index is -0.730. The van der Waals surface area contributed by atoms with Crippen LogP contribution < -0.4 is 5.32 Å². The Balaban J connectivity index is 2.29. The lowest BCUT2D eigenvalue weighted by Crippen LogP contribution is -2.43. The van der Waals surface area contributed by atoms with Crippen LogP contribution in [0.5, 0.6) is 0 Å². The van der Waals surface area contributed by atoms with Crippen molar-refractivity contribution in [2.75, 3.05) is 13.2 Å². The number of hydrogen-bond acceptors (Lipinski definition) is 4. The van der Waals surface area contributed by atoms with E-state index in [0.29, 0.717) is 13.2 Å². The zero-order valence-corrected chi connectivity index (χ0v) is 12.8. The standard InChI is InChI=1S/C15H27NO4/c1-4-15(2,3)14(19)20-10-9-16-12-8-6-5-7-11(12)13(17)18/h11-12,16H,4-10H2,1-3H3,(H,17,18). The van der Waals surface area contributed by atoms with Gasteiger partial charge in [-0.1, -0.05) is 19.8 Å². The highest BCUT2D eigenvalue weighted by molar-refractivity contribution is 5.75. The van der Waals surface area contributed by atoms with Crippen molar-refractivity contribution in [3.8, 4) is 0 Å². The van der Waals surface area contributed by atoms with Crippen LogP contribution in [0.15, 0.2) is 0 Å². The van der Waals surface area contributed by atoms with Crippen molar-refractivity contribution in [3.63, 3.8) is 0 Å². The average molecular weight is 285 g/mol. The summed E-state index contributed by atoms with van der Waals surface area (Å²) in [5, 5.41) is 12.4. The Hall–Kier alpha value is -1.10. The molecule has 0 aromatic heterocycles. The normalized spacial score (nSPS) is 23.4. The van der Waals surface area contributed by atoms with Crippen molar-refractivity contribution in [2.24, 2.45) is 11.3 Å². The highest BCUT2D eigenvalue weighted by Crippen LogP contribution is 2.24. The third kappa shape index (κ3) is 4.78. The van der Waals surface area contributed by atoms with E-state index >= 15 is 0 Å². The van der Waals surface area contributed by atoms with Gasteiger partial charge in [-0.3, -0.25) is 9.59 Å². The summed E-state index contributed by atoms with van der Waals surface area (Å²) in [6, 6.07) is -0.000799. The number of esters is 1. The predicted molar refractivity (Wildman–Crippen MR) is 76.4 cm³/mol. The van der Waals surface area contributed by atoms with Crippen LogP contribution >= 0.6 is 0 Å². The molecule has 0 aromatic carbocycles. The largest absolute Gasteiger partial charge is 0.481 e. The molecule has 0 aliphatic heterocycles. The monoisotopic (exact) mass is 285 g/mol. The molecule has 2 N–H and O–H groups in total. The van der Waals surface area contributed by atoms with Crippen molar-refractivity contribution in [3.05, 3.63) is 0 Å². The van der Waals surface area contributed by atoms with Crippen LogP contribution in [0.4, 0.5) is 0 Å². The molecule has 0 amide bonds. The van der Waals surface area contributed by atoms with Crippen LogP contribution in [-0.2, 0) is 14.3 Å². The molecule has 20 heavy (non-hydrogen) atoms. The van der Waals surface area contributed by atoms with Crippen molar-refractivity contribution in [1.29, 1.82) is 0 Å². The maximum atomic E-state index is 11.8. The number of ether oxygens (including phenoxy) is 1. The summed E-state index contributed by atoms with van der Waals surface area (Å²) in [6.45, 7) is 6.50. The molecule has 2 atom stereocenters. The first-order valence-electron chi connectivity index (χ1n) is 7.52. The van der Waals surface area contributed by atoms with E-state index in [1.165, 1.54) is 0 Å². The molecule has 0 aromatic rings. The molecule has 0 bridgehead atoms. The molecule has 5 nitrogen and oxygen atoms in total. The molecule has 0 saturated heterocycles. The van der Waals surface area contributed by atoms with Crippen LogP contribution in [0.2, 0.25) is 0 Å². The van der Waals surface area contributed by atoms with Crippen LogP contribution in [0.3, 0.4) is 0 Å². The third-order valence-electron chi connectivity index (χ3n) is 4.26. The summed E-state index contributed by atoms with van der Waals surface area (Å²) >= 11 is 0. The van der Waals surface area contributed by atoms with Gasteiger partial charge in [0.1, 0.15) is 6.61 Å². The summed E-state index contributed by atoms with van der Waals surface area (Å²) in [6.07, 6.45) is 4.39. The van der Waals surface area contributed by atoms with E-state index in [-0.39, 0.29) is 17.9 Å². The van der Waals surface area contributed by atoms with Crippen LogP contribution in [0.1, 0.15) is 52.9 Å². The van der Waals surface area contributed by atoms with E-state index in [9.17, 15) is 9.59 Å². The lowest BCUT2D eigenvalue weighted by Gasteiger charge is -2.29. The molecule has 1 fully saturated rings. The number of carbonyl (C=O) groups is 2. The summed E-state index contributed by atoms with van der Waals surface area (Å²) in [5.74, 6) is -1.24. The molecular weight excluding hydrogens is 258 g/mol. The number of nitrogens with one attached hydrogen (secondary N) is 1. The summed E-state index contributed by atoms with van der Waals surface area (Å²) in [4.78, 5) is 22.9. The average Bonchev–Trinajstić information content (AvgIpc) is 2.43. The summed E-state index contributed by atoms with van der Waals surface area (Å²) in [5.41, 5.74) is -0.450. The lowest BCUT2D eigenvalue weighted by molar-refractivity contribution is -0.154. The Kier molecular flexibility index (Phi) is 6.46. The van der Waals surface area contributed by atoms with Crippen LogP contribution in [0.25, 0.3) is 0 Å². The molecule has 1 aliphatic carbocycles. The number of carboxylic acid groups (broad SMARTS) is 1. The van der Waals surface area contributed by atoms with E-state index in [4.69, 9.17) is 9.84 Å². The molecule has 116 valence electrons. The van der Waals surface area contributed by atoms with Gasteiger partial charge < -0.3 is 15.2 Å². The summed E-state index contributed by atoms with van der Waals surface area (Å²) < 4.78 is 5.24. The molecular formula is C15H27NO4. The number of hydrogen-bond donors (Lipinski definition) is 2.